The SMILES string of the molecule is COC(O)CN1CCN(C(=N)N)CC1. The number of guanidine groups is 1. The van der Waals surface area contributed by atoms with Crippen LogP contribution in [-0.4, -0.2) is 67.0 Å². The molecule has 1 atom stereocenters. The van der Waals surface area contributed by atoms with Crippen LogP contribution < -0.4 is 5.73 Å². The van der Waals surface area contributed by atoms with Gasteiger partial charge in [-0.2, -0.15) is 0 Å². The molecule has 0 bridgehead atoms. The van der Waals surface area contributed by atoms with Gasteiger partial charge in [0.15, 0.2) is 12.2 Å². The summed E-state index contributed by atoms with van der Waals surface area (Å²) in [5.74, 6) is 0.122. The van der Waals surface area contributed by atoms with E-state index in [1.54, 1.807) is 0 Å². The van der Waals surface area contributed by atoms with Crippen LogP contribution in [-0.2, 0) is 4.74 Å². The van der Waals surface area contributed by atoms with E-state index in [0.29, 0.717) is 6.54 Å². The Morgan fingerprint density at radius 1 is 1.50 bits per heavy atom. The van der Waals surface area contributed by atoms with E-state index in [9.17, 15) is 5.11 Å². The van der Waals surface area contributed by atoms with Crippen LogP contribution in [0.4, 0.5) is 0 Å². The Hall–Kier alpha value is -0.850. The standard InChI is InChI=1S/C8H18N4O2/c1-14-7(13)6-11-2-4-12(5-3-11)8(9)10/h7,13H,2-6H2,1H3,(H3,9,10). The number of aliphatic hydroxyl groups excluding tert-OH is 1. The molecule has 1 fully saturated rings. The number of β-amino-alcohol motifs (C(OH)–C–C–N with tert-alkyl or cyclic N) is 1. The Morgan fingerprint density at radius 2 is 2.07 bits per heavy atom. The zero-order valence-electron chi connectivity index (χ0n) is 8.44. The highest BCUT2D eigenvalue weighted by Crippen LogP contribution is 2.01. The predicted molar refractivity (Wildman–Crippen MR) is 52.9 cm³/mol. The van der Waals surface area contributed by atoms with Gasteiger partial charge in [0.25, 0.3) is 0 Å². The summed E-state index contributed by atoms with van der Waals surface area (Å²) in [7, 11) is 1.48. The number of piperazine rings is 1. The van der Waals surface area contributed by atoms with Gasteiger partial charge in [0.2, 0.25) is 0 Å². The molecule has 82 valence electrons. The maximum absolute atomic E-state index is 9.24. The molecule has 0 saturated carbocycles. The maximum Gasteiger partial charge on any atom is 0.188 e. The van der Waals surface area contributed by atoms with Crippen LogP contribution in [0.5, 0.6) is 0 Å². The fourth-order valence-corrected chi connectivity index (χ4v) is 1.47. The Morgan fingerprint density at radius 3 is 2.50 bits per heavy atom. The quantitative estimate of drug-likeness (QED) is 0.293. The topological polar surface area (TPSA) is 85.8 Å². The van der Waals surface area contributed by atoms with Crippen LogP contribution in [0.3, 0.4) is 0 Å². The van der Waals surface area contributed by atoms with Crippen molar-refractivity contribution in [1.82, 2.24) is 9.80 Å². The molecule has 6 heteroatoms. The first kappa shape index (κ1) is 11.2. The molecule has 4 N–H and O–H groups in total. The van der Waals surface area contributed by atoms with Crippen molar-refractivity contribution in [3.05, 3.63) is 0 Å². The first-order chi connectivity index (χ1) is 6.63. The lowest BCUT2D eigenvalue weighted by molar-refractivity contribution is -0.0934. The van der Waals surface area contributed by atoms with E-state index in [1.165, 1.54) is 7.11 Å². The Balaban J connectivity index is 2.25. The molecule has 0 spiro atoms. The molecule has 0 radical (unpaired) electrons. The summed E-state index contributed by atoms with van der Waals surface area (Å²) >= 11 is 0. The van der Waals surface area contributed by atoms with Crippen molar-refractivity contribution in [3.63, 3.8) is 0 Å². The predicted octanol–water partition coefficient (Wildman–Crippen LogP) is -1.54. The highest BCUT2D eigenvalue weighted by atomic mass is 16.6. The van der Waals surface area contributed by atoms with Gasteiger partial charge < -0.3 is 20.5 Å². The van der Waals surface area contributed by atoms with E-state index in [4.69, 9.17) is 15.9 Å². The van der Waals surface area contributed by atoms with Crippen molar-refractivity contribution >= 4 is 5.96 Å². The molecule has 1 aliphatic rings. The summed E-state index contributed by atoms with van der Waals surface area (Å²) in [6.07, 6.45) is -0.723. The summed E-state index contributed by atoms with van der Waals surface area (Å²) < 4.78 is 4.76. The van der Waals surface area contributed by atoms with Crippen LogP contribution in [0.25, 0.3) is 0 Å². The third-order valence-electron chi connectivity index (χ3n) is 2.40. The smallest absolute Gasteiger partial charge is 0.188 e. The molecular weight excluding hydrogens is 184 g/mol. The van der Waals surface area contributed by atoms with E-state index in [2.05, 4.69) is 4.90 Å². The van der Waals surface area contributed by atoms with E-state index >= 15 is 0 Å². The van der Waals surface area contributed by atoms with Crippen LogP contribution in [0.15, 0.2) is 0 Å². The lowest BCUT2D eigenvalue weighted by Gasteiger charge is -2.35. The molecule has 0 aromatic rings. The molecular formula is C8H18N4O2. The van der Waals surface area contributed by atoms with Gasteiger partial charge in [-0.25, -0.2) is 0 Å². The normalized spacial score (nSPS) is 20.9. The largest absolute Gasteiger partial charge is 0.370 e. The Bertz CT molecular complexity index is 192. The highest BCUT2D eigenvalue weighted by Gasteiger charge is 2.19. The number of hydrogen-bond acceptors (Lipinski definition) is 4. The van der Waals surface area contributed by atoms with Crippen molar-refractivity contribution < 1.29 is 9.84 Å². The van der Waals surface area contributed by atoms with Crippen molar-refractivity contribution in [2.75, 3.05) is 39.8 Å². The second kappa shape index (κ2) is 5.14. The molecule has 14 heavy (non-hydrogen) atoms. The van der Waals surface area contributed by atoms with Gasteiger partial charge in [-0.3, -0.25) is 10.3 Å². The van der Waals surface area contributed by atoms with Gasteiger partial charge in [-0.05, 0) is 0 Å². The molecule has 0 amide bonds. The fraction of sp³-hybridized carbons (Fsp3) is 0.875. The van der Waals surface area contributed by atoms with Gasteiger partial charge in [-0.15, -0.1) is 0 Å². The summed E-state index contributed by atoms with van der Waals surface area (Å²) in [4.78, 5) is 3.91. The van der Waals surface area contributed by atoms with Crippen molar-refractivity contribution in [1.29, 1.82) is 5.41 Å². The third-order valence-corrected chi connectivity index (χ3v) is 2.40. The lowest BCUT2D eigenvalue weighted by atomic mass is 10.3. The second-order valence-corrected chi connectivity index (χ2v) is 3.36. The van der Waals surface area contributed by atoms with Crippen LogP contribution in [0.1, 0.15) is 0 Å². The summed E-state index contributed by atoms with van der Waals surface area (Å²) in [5, 5.41) is 16.5. The number of nitrogens with two attached hydrogens (primary N) is 1. The lowest BCUT2D eigenvalue weighted by Crippen LogP contribution is -2.52. The minimum absolute atomic E-state index is 0.122. The number of methoxy groups -OCH3 is 1. The van der Waals surface area contributed by atoms with Crippen molar-refractivity contribution in [2.45, 2.75) is 6.29 Å². The Kier molecular flexibility index (Phi) is 4.12. The number of hydrogen-bond donors (Lipinski definition) is 3. The van der Waals surface area contributed by atoms with Gasteiger partial charge >= 0.3 is 0 Å². The molecule has 1 heterocycles. The molecule has 1 unspecified atom stereocenters. The number of aliphatic hydroxyl groups is 1. The van der Waals surface area contributed by atoms with E-state index in [1.807, 2.05) is 4.90 Å². The summed E-state index contributed by atoms with van der Waals surface area (Å²) in [5.41, 5.74) is 5.36. The van der Waals surface area contributed by atoms with Crippen molar-refractivity contribution in [3.8, 4) is 0 Å². The summed E-state index contributed by atoms with van der Waals surface area (Å²) in [6, 6.07) is 0. The first-order valence-corrected chi connectivity index (χ1v) is 4.65. The van der Waals surface area contributed by atoms with Gasteiger partial charge in [-0.1, -0.05) is 0 Å². The first-order valence-electron chi connectivity index (χ1n) is 4.65. The monoisotopic (exact) mass is 202 g/mol. The molecule has 0 aromatic carbocycles. The van der Waals surface area contributed by atoms with Gasteiger partial charge in [0.05, 0.1) is 0 Å². The van der Waals surface area contributed by atoms with E-state index < -0.39 is 6.29 Å². The molecule has 1 saturated heterocycles. The second-order valence-electron chi connectivity index (χ2n) is 3.36. The number of rotatable bonds is 3. The number of ether oxygens (including phenoxy) is 1. The van der Waals surface area contributed by atoms with Crippen LogP contribution >= 0.6 is 0 Å². The molecule has 1 aliphatic heterocycles. The average Bonchev–Trinajstić information content (AvgIpc) is 2.18. The van der Waals surface area contributed by atoms with Gasteiger partial charge in [0, 0.05) is 39.8 Å². The zero-order chi connectivity index (χ0) is 10.6. The maximum atomic E-state index is 9.24. The van der Waals surface area contributed by atoms with Crippen molar-refractivity contribution in [2.24, 2.45) is 5.73 Å². The number of nitrogens with one attached hydrogen (secondary N) is 1. The average molecular weight is 202 g/mol. The molecule has 6 nitrogen and oxygen atoms in total. The van der Waals surface area contributed by atoms with Gasteiger partial charge in [0.1, 0.15) is 0 Å². The van der Waals surface area contributed by atoms with E-state index in [-0.39, 0.29) is 5.96 Å². The minimum Gasteiger partial charge on any atom is -0.370 e. The van der Waals surface area contributed by atoms with Crippen LogP contribution in [0, 0.1) is 5.41 Å². The highest BCUT2D eigenvalue weighted by molar-refractivity contribution is 5.74. The molecule has 0 aromatic heterocycles. The third kappa shape index (κ3) is 3.13. The zero-order valence-corrected chi connectivity index (χ0v) is 8.44. The molecule has 1 rings (SSSR count). The number of nitrogens with zero attached hydrogens (tertiary/aromatic N) is 2. The molecule has 0 aliphatic carbocycles. The Labute approximate surface area is 83.7 Å². The minimum atomic E-state index is -0.723. The van der Waals surface area contributed by atoms with E-state index in [0.717, 1.165) is 26.2 Å². The summed E-state index contributed by atoms with van der Waals surface area (Å²) in [6.45, 7) is 3.61. The fourth-order valence-electron chi connectivity index (χ4n) is 1.47. The van der Waals surface area contributed by atoms with Crippen LogP contribution in [0.2, 0.25) is 0 Å².